The molecule has 2 nitrogen and oxygen atoms in total. The van der Waals surface area contributed by atoms with Gasteiger partial charge in [-0.15, -0.1) is 0 Å². The Bertz CT molecular complexity index is 938. The molecule has 0 radical (unpaired) electrons. The van der Waals surface area contributed by atoms with Crippen LogP contribution >= 0.6 is 0 Å². The molecule has 2 N–H and O–H groups in total. The highest BCUT2D eigenvalue weighted by atomic mass is 19.1. The minimum atomic E-state index is -0.158. The molecule has 6 aliphatic rings. The van der Waals surface area contributed by atoms with E-state index in [1.807, 2.05) is 0 Å². The SMILES string of the molecule is CC1(C)C(C2=CCC(CF)CC2)=CCC2(C)C1CCC1(C)C3CCC4(NCCO)CCCC4C3CCC12. The first-order chi connectivity index (χ1) is 17.7. The zero-order valence-electron chi connectivity index (χ0n) is 24.3. The molecule has 9 atom stereocenters. The molecular formula is C34H54FNO. The number of β-amino-alcohol motifs (C(OH)–C–C–N with tert-alkyl or cyclic N) is 1. The summed E-state index contributed by atoms with van der Waals surface area (Å²) in [6.45, 7) is 11.4. The van der Waals surface area contributed by atoms with Crippen LogP contribution in [-0.4, -0.2) is 30.5 Å². The van der Waals surface area contributed by atoms with E-state index in [1.54, 1.807) is 11.1 Å². The number of aliphatic hydroxyl groups is 1. The summed E-state index contributed by atoms with van der Waals surface area (Å²) in [4.78, 5) is 0. The summed E-state index contributed by atoms with van der Waals surface area (Å²) < 4.78 is 13.3. The van der Waals surface area contributed by atoms with Gasteiger partial charge in [-0.2, -0.15) is 0 Å². The van der Waals surface area contributed by atoms with Gasteiger partial charge in [0, 0.05) is 12.1 Å². The fourth-order valence-corrected chi connectivity index (χ4v) is 12.3. The van der Waals surface area contributed by atoms with Gasteiger partial charge in [0.25, 0.3) is 0 Å². The molecule has 0 heterocycles. The van der Waals surface area contributed by atoms with Gasteiger partial charge in [-0.25, -0.2) is 0 Å². The average Bonchev–Trinajstić information content (AvgIpc) is 3.32. The van der Waals surface area contributed by atoms with Crippen molar-refractivity contribution in [3.63, 3.8) is 0 Å². The number of hydrogen-bond acceptors (Lipinski definition) is 2. The highest BCUT2D eigenvalue weighted by Gasteiger charge is 2.65. The molecular weight excluding hydrogens is 457 g/mol. The maximum absolute atomic E-state index is 13.3. The van der Waals surface area contributed by atoms with Gasteiger partial charge in [0.05, 0.1) is 13.3 Å². The van der Waals surface area contributed by atoms with Crippen LogP contribution in [0.4, 0.5) is 4.39 Å². The highest BCUT2D eigenvalue weighted by Crippen LogP contribution is 2.72. The van der Waals surface area contributed by atoms with Gasteiger partial charge in [0.2, 0.25) is 0 Å². The van der Waals surface area contributed by atoms with Crippen LogP contribution in [0.25, 0.3) is 0 Å². The van der Waals surface area contributed by atoms with Crippen molar-refractivity contribution in [2.24, 2.45) is 51.8 Å². The zero-order chi connectivity index (χ0) is 26.1. The lowest BCUT2D eigenvalue weighted by Crippen LogP contribution is -2.63. The maximum Gasteiger partial charge on any atom is 0.0925 e. The fourth-order valence-electron chi connectivity index (χ4n) is 12.3. The van der Waals surface area contributed by atoms with Gasteiger partial charge in [-0.05, 0) is 140 Å². The Morgan fingerprint density at radius 3 is 2.46 bits per heavy atom. The van der Waals surface area contributed by atoms with E-state index in [2.05, 4.69) is 45.2 Å². The van der Waals surface area contributed by atoms with Gasteiger partial charge in [0.1, 0.15) is 0 Å². The predicted octanol–water partition coefficient (Wildman–Crippen LogP) is 8.02. The normalized spacial score (nSPS) is 48.7. The van der Waals surface area contributed by atoms with Crippen molar-refractivity contribution in [3.05, 3.63) is 23.3 Å². The summed E-state index contributed by atoms with van der Waals surface area (Å²) in [6.07, 6.45) is 21.8. The number of aliphatic hydroxyl groups excluding tert-OH is 1. The van der Waals surface area contributed by atoms with Gasteiger partial charge in [-0.1, -0.05) is 46.3 Å². The van der Waals surface area contributed by atoms with Crippen LogP contribution in [0.15, 0.2) is 23.3 Å². The molecule has 9 unspecified atom stereocenters. The Balaban J connectivity index is 1.27. The molecule has 0 bridgehead atoms. The maximum atomic E-state index is 13.3. The van der Waals surface area contributed by atoms with Crippen LogP contribution in [0.1, 0.15) is 111 Å². The summed E-state index contributed by atoms with van der Waals surface area (Å²) in [6, 6.07) is 0. The van der Waals surface area contributed by atoms with Gasteiger partial charge >= 0.3 is 0 Å². The molecule has 0 aromatic carbocycles. The number of hydrogen-bond donors (Lipinski definition) is 2. The van der Waals surface area contributed by atoms with E-state index in [0.717, 1.165) is 55.4 Å². The first-order valence-corrected chi connectivity index (χ1v) is 16.0. The van der Waals surface area contributed by atoms with Gasteiger partial charge in [0.15, 0.2) is 0 Å². The first kappa shape index (κ1) is 26.5. The molecule has 4 fully saturated rings. The van der Waals surface area contributed by atoms with Gasteiger partial charge in [-0.3, -0.25) is 4.39 Å². The minimum absolute atomic E-state index is 0.158. The smallest absolute Gasteiger partial charge is 0.0925 e. The lowest BCUT2D eigenvalue weighted by atomic mass is 9.37. The molecule has 37 heavy (non-hydrogen) atoms. The second kappa shape index (κ2) is 9.46. The zero-order valence-corrected chi connectivity index (χ0v) is 24.3. The number of rotatable bonds is 5. The van der Waals surface area contributed by atoms with Crippen molar-refractivity contribution in [1.29, 1.82) is 0 Å². The largest absolute Gasteiger partial charge is 0.395 e. The summed E-state index contributed by atoms with van der Waals surface area (Å²) in [5, 5.41) is 13.4. The Labute approximate surface area is 226 Å². The van der Waals surface area contributed by atoms with Crippen LogP contribution in [-0.2, 0) is 0 Å². The molecule has 4 saturated carbocycles. The monoisotopic (exact) mass is 511 g/mol. The number of nitrogens with one attached hydrogen (secondary N) is 1. The second-order valence-electron chi connectivity index (χ2n) is 15.4. The summed E-state index contributed by atoms with van der Waals surface area (Å²) in [7, 11) is 0. The van der Waals surface area contributed by atoms with Crippen LogP contribution < -0.4 is 5.32 Å². The molecule has 0 amide bonds. The topological polar surface area (TPSA) is 32.3 Å². The van der Waals surface area contributed by atoms with Crippen molar-refractivity contribution in [2.45, 2.75) is 117 Å². The summed E-state index contributed by atoms with van der Waals surface area (Å²) >= 11 is 0. The van der Waals surface area contributed by atoms with Crippen molar-refractivity contribution in [3.8, 4) is 0 Å². The average molecular weight is 512 g/mol. The molecule has 0 spiro atoms. The summed E-state index contributed by atoms with van der Waals surface area (Å²) in [5.41, 5.74) is 4.55. The van der Waals surface area contributed by atoms with Crippen molar-refractivity contribution >= 4 is 0 Å². The van der Waals surface area contributed by atoms with Crippen LogP contribution in [0.5, 0.6) is 0 Å². The van der Waals surface area contributed by atoms with E-state index in [0.29, 0.717) is 16.4 Å². The molecule has 0 aliphatic heterocycles. The molecule has 6 rings (SSSR count). The molecule has 0 aromatic heterocycles. The van der Waals surface area contributed by atoms with E-state index >= 15 is 0 Å². The fraction of sp³-hybridized carbons (Fsp3) is 0.882. The van der Waals surface area contributed by atoms with E-state index in [-0.39, 0.29) is 24.6 Å². The van der Waals surface area contributed by atoms with Crippen LogP contribution in [0.3, 0.4) is 0 Å². The number of halogens is 1. The second-order valence-corrected chi connectivity index (χ2v) is 15.4. The van der Waals surface area contributed by atoms with E-state index in [9.17, 15) is 9.50 Å². The lowest BCUT2D eigenvalue weighted by molar-refractivity contribution is -0.175. The van der Waals surface area contributed by atoms with E-state index < -0.39 is 0 Å². The first-order valence-electron chi connectivity index (χ1n) is 16.0. The third kappa shape index (κ3) is 3.90. The standard InChI is InChI=1S/C34H54FNO/c1-31(2)26(24-9-7-23(22-35)8-10-24)13-17-33(4)29(31)15-18-32(3)27-14-19-34(36-20-21-37)16-5-6-28(34)25(27)11-12-30(32)33/h9,13,23,25,27-30,36-37H,5-8,10-12,14-22H2,1-4H3. The molecule has 6 aliphatic carbocycles. The van der Waals surface area contributed by atoms with E-state index in [1.165, 1.54) is 64.2 Å². The quantitative estimate of drug-likeness (QED) is 0.392. The molecule has 208 valence electrons. The Morgan fingerprint density at radius 2 is 1.73 bits per heavy atom. The van der Waals surface area contributed by atoms with Crippen LogP contribution in [0, 0.1) is 51.8 Å². The third-order valence-corrected chi connectivity index (χ3v) is 13.8. The number of allylic oxidation sites excluding steroid dienone is 4. The number of fused-ring (bicyclic) bond motifs is 7. The molecule has 0 aromatic rings. The van der Waals surface area contributed by atoms with Crippen molar-refractivity contribution in [1.82, 2.24) is 5.32 Å². The Morgan fingerprint density at radius 1 is 0.892 bits per heavy atom. The van der Waals surface area contributed by atoms with Gasteiger partial charge < -0.3 is 10.4 Å². The van der Waals surface area contributed by atoms with Crippen molar-refractivity contribution < 1.29 is 9.50 Å². The Hall–Kier alpha value is -0.670. The Kier molecular flexibility index (Phi) is 6.79. The highest BCUT2D eigenvalue weighted by molar-refractivity contribution is 5.41. The third-order valence-electron chi connectivity index (χ3n) is 13.8. The molecule has 3 heteroatoms. The summed E-state index contributed by atoms with van der Waals surface area (Å²) in [5.74, 6) is 4.40. The lowest BCUT2D eigenvalue weighted by Gasteiger charge is -2.68. The molecule has 0 saturated heterocycles. The predicted molar refractivity (Wildman–Crippen MR) is 151 cm³/mol. The number of alkyl halides is 1. The van der Waals surface area contributed by atoms with Crippen LogP contribution in [0.2, 0.25) is 0 Å². The van der Waals surface area contributed by atoms with E-state index in [4.69, 9.17) is 0 Å². The minimum Gasteiger partial charge on any atom is -0.395 e. The van der Waals surface area contributed by atoms with Crippen molar-refractivity contribution in [2.75, 3.05) is 19.8 Å².